The van der Waals surface area contributed by atoms with Gasteiger partial charge in [-0.05, 0) is 30.0 Å². The molecule has 146 valence electrons. The Morgan fingerprint density at radius 2 is 1.90 bits per heavy atom. The molecular weight excluding hydrogens is 366 g/mol. The summed E-state index contributed by atoms with van der Waals surface area (Å²) in [6, 6.07) is 18.1. The Morgan fingerprint density at radius 3 is 2.79 bits per heavy atom. The van der Waals surface area contributed by atoms with E-state index in [0.29, 0.717) is 18.1 Å². The minimum atomic E-state index is -0.983. The van der Waals surface area contributed by atoms with E-state index in [4.69, 9.17) is 0 Å². The second-order valence-electron chi connectivity index (χ2n) is 7.17. The SMILES string of the molecule is OC(N[C@@H]1CCc2ccccc2-n2cnnc21)c1nnc(Cc2ccccc2)[nH]1. The quantitative estimate of drug-likeness (QED) is 0.454. The summed E-state index contributed by atoms with van der Waals surface area (Å²) in [6.07, 6.45) is 3.03. The van der Waals surface area contributed by atoms with E-state index >= 15 is 0 Å². The van der Waals surface area contributed by atoms with Gasteiger partial charge in [0.05, 0.1) is 11.7 Å². The monoisotopic (exact) mass is 387 g/mol. The third kappa shape index (κ3) is 3.55. The third-order valence-electron chi connectivity index (χ3n) is 5.22. The second kappa shape index (κ2) is 7.57. The van der Waals surface area contributed by atoms with Gasteiger partial charge in [-0.25, -0.2) is 0 Å². The number of hydrogen-bond donors (Lipinski definition) is 3. The lowest BCUT2D eigenvalue weighted by atomic mass is 10.1. The predicted molar refractivity (Wildman–Crippen MR) is 106 cm³/mol. The van der Waals surface area contributed by atoms with Crippen molar-refractivity contribution < 1.29 is 5.11 Å². The van der Waals surface area contributed by atoms with Crippen molar-refractivity contribution in [2.24, 2.45) is 0 Å². The predicted octanol–water partition coefficient (Wildman–Crippen LogP) is 2.24. The maximum Gasteiger partial charge on any atom is 0.174 e. The van der Waals surface area contributed by atoms with Crippen LogP contribution in [0.15, 0.2) is 60.9 Å². The lowest BCUT2D eigenvalue weighted by molar-refractivity contribution is 0.111. The Bertz CT molecular complexity index is 1100. The Balaban J connectivity index is 1.33. The standard InChI is InChI=1S/C21H21N7O/c29-21(19-24-18(25-26-19)12-14-6-2-1-3-7-14)23-16-11-10-15-8-4-5-9-17(15)28-13-22-27-20(16)28/h1-9,13,16,21,23,29H,10-12H2,(H,24,25,26)/t16-,21?/m1/s1. The van der Waals surface area contributed by atoms with Crippen LogP contribution in [0.25, 0.3) is 5.69 Å². The van der Waals surface area contributed by atoms with E-state index in [1.807, 2.05) is 47.0 Å². The number of aromatic nitrogens is 6. The topological polar surface area (TPSA) is 105 Å². The summed E-state index contributed by atoms with van der Waals surface area (Å²) in [5, 5.41) is 30.6. The molecule has 0 bridgehead atoms. The van der Waals surface area contributed by atoms with Crippen LogP contribution in [0.3, 0.4) is 0 Å². The largest absolute Gasteiger partial charge is 0.371 e. The molecule has 2 aromatic carbocycles. The molecule has 1 unspecified atom stereocenters. The fourth-order valence-electron chi connectivity index (χ4n) is 3.78. The first kappa shape index (κ1) is 17.7. The van der Waals surface area contributed by atoms with E-state index in [1.54, 1.807) is 6.33 Å². The number of aliphatic hydroxyl groups is 1. The molecule has 4 aromatic rings. The summed E-state index contributed by atoms with van der Waals surface area (Å²) >= 11 is 0. The van der Waals surface area contributed by atoms with Gasteiger partial charge in [0, 0.05) is 6.42 Å². The van der Waals surface area contributed by atoms with Crippen LogP contribution in [-0.2, 0) is 12.8 Å². The van der Waals surface area contributed by atoms with E-state index in [9.17, 15) is 5.11 Å². The van der Waals surface area contributed by atoms with Crippen molar-refractivity contribution in [2.45, 2.75) is 31.5 Å². The molecule has 29 heavy (non-hydrogen) atoms. The summed E-state index contributed by atoms with van der Waals surface area (Å²) in [7, 11) is 0. The molecule has 5 rings (SSSR count). The van der Waals surface area contributed by atoms with E-state index in [-0.39, 0.29) is 6.04 Å². The van der Waals surface area contributed by atoms with Gasteiger partial charge in [0.15, 0.2) is 17.9 Å². The van der Waals surface area contributed by atoms with Gasteiger partial charge < -0.3 is 10.1 Å². The molecule has 0 aliphatic carbocycles. The number of rotatable bonds is 5. The highest BCUT2D eigenvalue weighted by Gasteiger charge is 2.27. The Morgan fingerprint density at radius 1 is 1.07 bits per heavy atom. The Labute approximate surface area is 167 Å². The second-order valence-corrected chi connectivity index (χ2v) is 7.17. The van der Waals surface area contributed by atoms with Gasteiger partial charge in [0.25, 0.3) is 0 Å². The maximum atomic E-state index is 10.7. The number of para-hydroxylation sites is 1. The lowest BCUT2D eigenvalue weighted by Crippen LogP contribution is -2.29. The highest BCUT2D eigenvalue weighted by atomic mass is 16.3. The minimum Gasteiger partial charge on any atom is -0.371 e. The van der Waals surface area contributed by atoms with Crippen LogP contribution in [0.2, 0.25) is 0 Å². The minimum absolute atomic E-state index is 0.164. The number of aryl methyl sites for hydroxylation is 1. The molecule has 0 spiro atoms. The van der Waals surface area contributed by atoms with Crippen LogP contribution in [0, 0.1) is 0 Å². The fourth-order valence-corrected chi connectivity index (χ4v) is 3.78. The van der Waals surface area contributed by atoms with Crippen molar-refractivity contribution in [3.63, 3.8) is 0 Å². The molecule has 8 heteroatoms. The highest BCUT2D eigenvalue weighted by molar-refractivity contribution is 5.43. The molecule has 0 saturated carbocycles. The average Bonchev–Trinajstić information content (AvgIpc) is 3.39. The average molecular weight is 387 g/mol. The number of nitrogens with one attached hydrogen (secondary N) is 2. The number of fused-ring (bicyclic) bond motifs is 3. The molecule has 8 nitrogen and oxygen atoms in total. The fraction of sp³-hybridized carbons (Fsp3) is 0.238. The Kier molecular flexibility index (Phi) is 4.63. The molecule has 1 aliphatic heterocycles. The van der Waals surface area contributed by atoms with Gasteiger partial charge in [0.2, 0.25) is 0 Å². The summed E-state index contributed by atoms with van der Waals surface area (Å²) in [6.45, 7) is 0. The van der Waals surface area contributed by atoms with Crippen molar-refractivity contribution in [3.05, 3.63) is 89.5 Å². The smallest absolute Gasteiger partial charge is 0.174 e. The van der Waals surface area contributed by atoms with E-state index < -0.39 is 6.23 Å². The van der Waals surface area contributed by atoms with Gasteiger partial charge in [0.1, 0.15) is 12.2 Å². The van der Waals surface area contributed by atoms with Crippen LogP contribution in [0.4, 0.5) is 0 Å². The number of aliphatic hydroxyl groups excluding tert-OH is 1. The molecule has 0 fully saturated rings. The van der Waals surface area contributed by atoms with Gasteiger partial charge >= 0.3 is 0 Å². The highest BCUT2D eigenvalue weighted by Crippen LogP contribution is 2.29. The van der Waals surface area contributed by atoms with Crippen molar-refractivity contribution in [2.75, 3.05) is 0 Å². The molecule has 3 heterocycles. The number of benzene rings is 2. The summed E-state index contributed by atoms with van der Waals surface area (Å²) < 4.78 is 1.98. The van der Waals surface area contributed by atoms with Crippen LogP contribution < -0.4 is 5.32 Å². The zero-order chi connectivity index (χ0) is 19.6. The van der Waals surface area contributed by atoms with Crippen molar-refractivity contribution in [1.29, 1.82) is 0 Å². The molecule has 0 radical (unpaired) electrons. The summed E-state index contributed by atoms with van der Waals surface area (Å²) in [5.74, 6) is 1.88. The molecule has 3 N–H and O–H groups in total. The molecule has 0 saturated heterocycles. The van der Waals surface area contributed by atoms with Gasteiger partial charge in [-0.15, -0.1) is 20.4 Å². The molecular formula is C21H21N7O. The number of nitrogens with zero attached hydrogens (tertiary/aromatic N) is 5. The lowest BCUT2D eigenvalue weighted by Gasteiger charge is -2.19. The number of H-pyrrole nitrogens is 1. The van der Waals surface area contributed by atoms with Crippen molar-refractivity contribution in [1.82, 2.24) is 35.3 Å². The maximum absolute atomic E-state index is 10.7. The molecule has 0 amide bonds. The van der Waals surface area contributed by atoms with Gasteiger partial charge in [-0.3, -0.25) is 9.88 Å². The van der Waals surface area contributed by atoms with Gasteiger partial charge in [-0.2, -0.15) is 0 Å². The van der Waals surface area contributed by atoms with E-state index in [0.717, 1.165) is 29.9 Å². The molecule has 1 aliphatic rings. The number of aromatic amines is 1. The zero-order valence-corrected chi connectivity index (χ0v) is 15.7. The van der Waals surface area contributed by atoms with Crippen molar-refractivity contribution in [3.8, 4) is 5.69 Å². The van der Waals surface area contributed by atoms with E-state index in [1.165, 1.54) is 5.56 Å². The van der Waals surface area contributed by atoms with Gasteiger partial charge in [-0.1, -0.05) is 48.5 Å². The zero-order valence-electron chi connectivity index (χ0n) is 15.7. The summed E-state index contributed by atoms with van der Waals surface area (Å²) in [4.78, 5) is 3.12. The third-order valence-corrected chi connectivity index (χ3v) is 5.22. The van der Waals surface area contributed by atoms with Crippen LogP contribution in [-0.4, -0.2) is 35.1 Å². The van der Waals surface area contributed by atoms with Crippen LogP contribution >= 0.6 is 0 Å². The van der Waals surface area contributed by atoms with Crippen LogP contribution in [0.1, 0.15) is 47.3 Å². The number of hydrogen-bond acceptors (Lipinski definition) is 6. The first-order valence-corrected chi connectivity index (χ1v) is 9.65. The molecule has 2 aromatic heterocycles. The van der Waals surface area contributed by atoms with E-state index in [2.05, 4.69) is 42.8 Å². The normalized spacial score (nSPS) is 16.7. The van der Waals surface area contributed by atoms with Crippen molar-refractivity contribution >= 4 is 0 Å². The Hall–Kier alpha value is -3.36. The first-order valence-electron chi connectivity index (χ1n) is 9.65. The van der Waals surface area contributed by atoms with Crippen LogP contribution in [0.5, 0.6) is 0 Å². The first-order chi connectivity index (χ1) is 14.3. The summed E-state index contributed by atoms with van der Waals surface area (Å²) in [5.41, 5.74) is 3.44. The molecule has 2 atom stereocenters.